The van der Waals surface area contributed by atoms with Crippen molar-refractivity contribution in [3.8, 4) is 11.3 Å². The molecule has 0 spiro atoms. The zero-order valence-corrected chi connectivity index (χ0v) is 8.83. The maximum atomic E-state index is 5.80. The predicted molar refractivity (Wildman–Crippen MR) is 58.8 cm³/mol. The Kier molecular flexibility index (Phi) is 1.99. The van der Waals surface area contributed by atoms with Crippen molar-refractivity contribution in [3.63, 3.8) is 0 Å². The smallest absolute Gasteiger partial charge is 0.0737 e. The zero-order valence-electron chi connectivity index (χ0n) is 8.07. The SMILES string of the molecule is Clc1ccc(-c2cn[nH]c2C2CC2)nc1. The molecule has 3 nitrogen and oxygen atoms in total. The predicted octanol–water partition coefficient (Wildman–Crippen LogP) is 3.00. The van der Waals surface area contributed by atoms with E-state index in [2.05, 4.69) is 15.2 Å². The van der Waals surface area contributed by atoms with Crippen LogP contribution in [0, 0.1) is 0 Å². The van der Waals surface area contributed by atoms with Crippen molar-refractivity contribution in [2.75, 3.05) is 0 Å². The first-order valence-corrected chi connectivity index (χ1v) is 5.37. The average molecular weight is 220 g/mol. The van der Waals surface area contributed by atoms with E-state index in [-0.39, 0.29) is 0 Å². The fourth-order valence-corrected chi connectivity index (χ4v) is 1.83. The van der Waals surface area contributed by atoms with Gasteiger partial charge in [-0.05, 0) is 25.0 Å². The third-order valence-electron chi connectivity index (χ3n) is 2.66. The molecule has 0 saturated heterocycles. The number of pyridine rings is 1. The summed E-state index contributed by atoms with van der Waals surface area (Å²) in [5.74, 6) is 0.653. The second kappa shape index (κ2) is 3.35. The fourth-order valence-electron chi connectivity index (χ4n) is 1.72. The highest BCUT2D eigenvalue weighted by atomic mass is 35.5. The molecule has 0 atom stereocenters. The highest BCUT2D eigenvalue weighted by Crippen LogP contribution is 2.42. The van der Waals surface area contributed by atoms with E-state index in [0.29, 0.717) is 10.9 Å². The second-order valence-electron chi connectivity index (χ2n) is 3.83. The van der Waals surface area contributed by atoms with Gasteiger partial charge in [0.05, 0.1) is 16.9 Å². The molecule has 0 bridgehead atoms. The van der Waals surface area contributed by atoms with Gasteiger partial charge in [0.25, 0.3) is 0 Å². The molecule has 76 valence electrons. The topological polar surface area (TPSA) is 41.6 Å². The first-order chi connectivity index (χ1) is 7.34. The van der Waals surface area contributed by atoms with Crippen molar-refractivity contribution in [2.45, 2.75) is 18.8 Å². The average Bonchev–Trinajstić information content (AvgIpc) is 2.98. The Morgan fingerprint density at radius 2 is 2.13 bits per heavy atom. The van der Waals surface area contributed by atoms with Gasteiger partial charge in [-0.2, -0.15) is 5.10 Å². The molecule has 3 rings (SSSR count). The summed E-state index contributed by atoms with van der Waals surface area (Å²) < 4.78 is 0. The van der Waals surface area contributed by atoms with Crippen molar-refractivity contribution in [1.29, 1.82) is 0 Å². The maximum Gasteiger partial charge on any atom is 0.0737 e. The maximum absolute atomic E-state index is 5.80. The van der Waals surface area contributed by atoms with Crippen molar-refractivity contribution in [3.05, 3.63) is 35.2 Å². The lowest BCUT2D eigenvalue weighted by atomic mass is 10.1. The number of aromatic amines is 1. The molecule has 0 unspecified atom stereocenters. The monoisotopic (exact) mass is 219 g/mol. The van der Waals surface area contributed by atoms with Gasteiger partial charge in [0, 0.05) is 23.4 Å². The number of halogens is 1. The number of H-pyrrole nitrogens is 1. The quantitative estimate of drug-likeness (QED) is 0.844. The molecule has 0 aliphatic heterocycles. The van der Waals surface area contributed by atoms with E-state index < -0.39 is 0 Å². The Balaban J connectivity index is 2.04. The molecule has 2 aromatic heterocycles. The summed E-state index contributed by atoms with van der Waals surface area (Å²) in [6.07, 6.45) is 6.01. The van der Waals surface area contributed by atoms with Crippen LogP contribution in [0.1, 0.15) is 24.5 Å². The van der Waals surface area contributed by atoms with E-state index in [4.69, 9.17) is 11.6 Å². The third-order valence-corrected chi connectivity index (χ3v) is 2.88. The molecular formula is C11H10ClN3. The minimum Gasteiger partial charge on any atom is -0.282 e. The van der Waals surface area contributed by atoms with Gasteiger partial charge in [0.1, 0.15) is 0 Å². The van der Waals surface area contributed by atoms with Crippen LogP contribution in [0.5, 0.6) is 0 Å². The first kappa shape index (κ1) is 8.92. The molecule has 0 aromatic carbocycles. The number of nitrogens with one attached hydrogen (secondary N) is 1. The Labute approximate surface area is 92.5 Å². The summed E-state index contributed by atoms with van der Waals surface area (Å²) in [4.78, 5) is 4.30. The highest BCUT2D eigenvalue weighted by Gasteiger charge is 2.28. The molecule has 0 radical (unpaired) electrons. The molecule has 1 N–H and O–H groups in total. The van der Waals surface area contributed by atoms with Crippen molar-refractivity contribution in [2.24, 2.45) is 0 Å². The number of rotatable bonds is 2. The normalized spacial score (nSPS) is 15.5. The molecule has 4 heteroatoms. The van der Waals surface area contributed by atoms with Gasteiger partial charge in [-0.15, -0.1) is 0 Å². The summed E-state index contributed by atoms with van der Waals surface area (Å²) in [7, 11) is 0. The molecule has 1 saturated carbocycles. The van der Waals surface area contributed by atoms with E-state index in [1.807, 2.05) is 18.3 Å². The van der Waals surface area contributed by atoms with E-state index in [1.165, 1.54) is 18.5 Å². The molecule has 2 aromatic rings. The van der Waals surface area contributed by atoms with Crippen LogP contribution in [0.15, 0.2) is 24.5 Å². The van der Waals surface area contributed by atoms with E-state index >= 15 is 0 Å². The Hall–Kier alpha value is -1.35. The summed E-state index contributed by atoms with van der Waals surface area (Å²) >= 11 is 5.80. The van der Waals surface area contributed by atoms with Gasteiger partial charge in [0.2, 0.25) is 0 Å². The Morgan fingerprint density at radius 3 is 2.80 bits per heavy atom. The number of aromatic nitrogens is 3. The lowest BCUT2D eigenvalue weighted by molar-refractivity contribution is 0.965. The van der Waals surface area contributed by atoms with Crippen LogP contribution in [0.4, 0.5) is 0 Å². The molecule has 2 heterocycles. The third kappa shape index (κ3) is 1.63. The fraction of sp³-hybridized carbons (Fsp3) is 0.273. The van der Waals surface area contributed by atoms with Gasteiger partial charge in [-0.1, -0.05) is 11.6 Å². The Bertz CT molecular complexity index is 471. The molecule has 1 aliphatic carbocycles. The molecule has 1 aliphatic rings. The van der Waals surface area contributed by atoms with Crippen LogP contribution in [-0.4, -0.2) is 15.2 Å². The van der Waals surface area contributed by atoms with Gasteiger partial charge >= 0.3 is 0 Å². The number of hydrogen-bond donors (Lipinski definition) is 1. The number of hydrogen-bond acceptors (Lipinski definition) is 2. The summed E-state index contributed by atoms with van der Waals surface area (Å²) in [6, 6.07) is 3.78. The molecule has 15 heavy (non-hydrogen) atoms. The summed E-state index contributed by atoms with van der Waals surface area (Å²) in [6.45, 7) is 0. The lowest BCUT2D eigenvalue weighted by Crippen LogP contribution is -1.86. The van der Waals surface area contributed by atoms with Crippen LogP contribution in [0.3, 0.4) is 0 Å². The van der Waals surface area contributed by atoms with E-state index in [0.717, 1.165) is 11.3 Å². The zero-order chi connectivity index (χ0) is 10.3. The van der Waals surface area contributed by atoms with E-state index in [9.17, 15) is 0 Å². The van der Waals surface area contributed by atoms with Gasteiger partial charge in [0.15, 0.2) is 0 Å². The van der Waals surface area contributed by atoms with Crippen molar-refractivity contribution >= 4 is 11.6 Å². The highest BCUT2D eigenvalue weighted by molar-refractivity contribution is 6.30. The molecule has 1 fully saturated rings. The Morgan fingerprint density at radius 1 is 1.27 bits per heavy atom. The van der Waals surface area contributed by atoms with Crippen LogP contribution < -0.4 is 0 Å². The van der Waals surface area contributed by atoms with Crippen molar-refractivity contribution < 1.29 is 0 Å². The standard InChI is InChI=1S/C11H10ClN3/c12-8-3-4-10(13-5-8)9-6-14-15-11(9)7-1-2-7/h3-7H,1-2H2,(H,14,15). The minimum atomic E-state index is 0.653. The minimum absolute atomic E-state index is 0.653. The summed E-state index contributed by atoms with van der Waals surface area (Å²) in [5.41, 5.74) is 3.26. The van der Waals surface area contributed by atoms with Crippen LogP contribution in [0.25, 0.3) is 11.3 Å². The van der Waals surface area contributed by atoms with Crippen LogP contribution >= 0.6 is 11.6 Å². The first-order valence-electron chi connectivity index (χ1n) is 5.00. The lowest BCUT2D eigenvalue weighted by Gasteiger charge is -2.00. The summed E-state index contributed by atoms with van der Waals surface area (Å²) in [5, 5.41) is 7.80. The second-order valence-corrected chi connectivity index (χ2v) is 4.27. The number of nitrogens with zero attached hydrogens (tertiary/aromatic N) is 2. The van der Waals surface area contributed by atoms with E-state index in [1.54, 1.807) is 6.20 Å². The van der Waals surface area contributed by atoms with Crippen LogP contribution in [-0.2, 0) is 0 Å². The van der Waals surface area contributed by atoms with Crippen LogP contribution in [0.2, 0.25) is 5.02 Å². The largest absolute Gasteiger partial charge is 0.282 e. The molecule has 0 amide bonds. The van der Waals surface area contributed by atoms with Crippen molar-refractivity contribution in [1.82, 2.24) is 15.2 Å². The van der Waals surface area contributed by atoms with Gasteiger partial charge < -0.3 is 0 Å². The van der Waals surface area contributed by atoms with Gasteiger partial charge in [-0.25, -0.2) is 0 Å². The molecular weight excluding hydrogens is 210 g/mol. The van der Waals surface area contributed by atoms with Gasteiger partial charge in [-0.3, -0.25) is 10.1 Å².